The van der Waals surface area contributed by atoms with E-state index in [1.54, 1.807) is 0 Å². The Bertz CT molecular complexity index is 314. The van der Waals surface area contributed by atoms with Crippen molar-refractivity contribution >= 4 is 27.7 Å². The predicted octanol–water partition coefficient (Wildman–Crippen LogP) is 3.12. The maximum atomic E-state index is 9.83. The van der Waals surface area contributed by atoms with E-state index in [9.17, 15) is 5.11 Å². The first-order chi connectivity index (χ1) is 6.27. The van der Waals surface area contributed by atoms with Crippen LogP contribution >= 0.6 is 27.7 Å². The minimum atomic E-state index is -0.275. The number of aliphatic hydroxyl groups is 1. The quantitative estimate of drug-likeness (QED) is 0.772. The SMILES string of the molecule is O[C@@H]1CCSCc2ccc(Br)cc21. The third-order valence-electron chi connectivity index (χ3n) is 2.26. The second-order valence-electron chi connectivity index (χ2n) is 3.20. The average molecular weight is 259 g/mol. The standard InChI is InChI=1S/C10H11BrOS/c11-8-2-1-7-6-13-4-3-10(12)9(7)5-8/h1-2,5,10,12H,3-4,6H2/t10-/m1/s1. The van der Waals surface area contributed by atoms with Gasteiger partial charge in [0, 0.05) is 10.2 Å². The molecule has 0 aliphatic carbocycles. The molecule has 1 aromatic carbocycles. The van der Waals surface area contributed by atoms with Gasteiger partial charge in [-0.2, -0.15) is 11.8 Å². The molecule has 1 aliphatic rings. The van der Waals surface area contributed by atoms with Gasteiger partial charge in [-0.15, -0.1) is 0 Å². The van der Waals surface area contributed by atoms with Crippen LogP contribution in [0.3, 0.4) is 0 Å². The fourth-order valence-electron chi connectivity index (χ4n) is 1.54. The van der Waals surface area contributed by atoms with Crippen molar-refractivity contribution in [3.63, 3.8) is 0 Å². The van der Waals surface area contributed by atoms with Gasteiger partial charge < -0.3 is 5.11 Å². The number of halogens is 1. The Morgan fingerprint density at radius 3 is 3.15 bits per heavy atom. The van der Waals surface area contributed by atoms with Crippen LogP contribution in [0.2, 0.25) is 0 Å². The van der Waals surface area contributed by atoms with Gasteiger partial charge >= 0.3 is 0 Å². The van der Waals surface area contributed by atoms with E-state index in [1.165, 1.54) is 5.56 Å². The Hall–Kier alpha value is 0.01000. The van der Waals surface area contributed by atoms with Crippen molar-refractivity contribution < 1.29 is 5.11 Å². The van der Waals surface area contributed by atoms with Gasteiger partial charge in [-0.25, -0.2) is 0 Å². The van der Waals surface area contributed by atoms with Crippen LogP contribution in [0.4, 0.5) is 0 Å². The van der Waals surface area contributed by atoms with Crippen LogP contribution in [0.1, 0.15) is 23.7 Å². The normalized spacial score (nSPS) is 22.2. The summed E-state index contributed by atoms with van der Waals surface area (Å²) in [5.41, 5.74) is 2.37. The maximum absolute atomic E-state index is 9.83. The molecule has 1 aliphatic heterocycles. The van der Waals surface area contributed by atoms with Crippen LogP contribution in [0.5, 0.6) is 0 Å². The van der Waals surface area contributed by atoms with Crippen LogP contribution in [-0.4, -0.2) is 10.9 Å². The first kappa shape index (κ1) is 9.56. The van der Waals surface area contributed by atoms with Gasteiger partial charge in [-0.1, -0.05) is 22.0 Å². The van der Waals surface area contributed by atoms with Crippen LogP contribution in [0.25, 0.3) is 0 Å². The van der Waals surface area contributed by atoms with Crippen molar-refractivity contribution in [3.8, 4) is 0 Å². The number of fused-ring (bicyclic) bond motifs is 1. The molecule has 0 unspecified atom stereocenters. The molecule has 0 spiro atoms. The molecular formula is C10H11BrOS. The van der Waals surface area contributed by atoms with E-state index in [0.717, 1.165) is 28.0 Å². The molecule has 1 N–H and O–H groups in total. The highest BCUT2D eigenvalue weighted by Gasteiger charge is 2.16. The summed E-state index contributed by atoms with van der Waals surface area (Å²) in [5, 5.41) is 9.83. The first-order valence-electron chi connectivity index (χ1n) is 4.31. The fourth-order valence-corrected chi connectivity index (χ4v) is 2.94. The maximum Gasteiger partial charge on any atom is 0.0801 e. The molecule has 0 fully saturated rings. The number of aliphatic hydroxyl groups excluding tert-OH is 1. The molecular weight excluding hydrogens is 248 g/mol. The zero-order valence-corrected chi connectivity index (χ0v) is 9.57. The second kappa shape index (κ2) is 4.03. The molecule has 0 saturated heterocycles. The number of rotatable bonds is 0. The molecule has 2 rings (SSSR count). The van der Waals surface area contributed by atoms with Crippen LogP contribution < -0.4 is 0 Å². The molecule has 0 aromatic heterocycles. The Morgan fingerprint density at radius 1 is 1.46 bits per heavy atom. The fraction of sp³-hybridized carbons (Fsp3) is 0.400. The molecule has 1 atom stereocenters. The second-order valence-corrected chi connectivity index (χ2v) is 5.22. The van der Waals surface area contributed by atoms with Crippen molar-refractivity contribution in [2.45, 2.75) is 18.3 Å². The van der Waals surface area contributed by atoms with Crippen molar-refractivity contribution in [1.29, 1.82) is 0 Å². The molecule has 0 radical (unpaired) electrons. The molecule has 1 aromatic rings. The third kappa shape index (κ3) is 2.09. The van der Waals surface area contributed by atoms with Gasteiger partial charge in [0.25, 0.3) is 0 Å². The molecule has 0 amide bonds. The number of hydrogen-bond acceptors (Lipinski definition) is 2. The van der Waals surface area contributed by atoms with Gasteiger partial charge in [0.15, 0.2) is 0 Å². The van der Waals surface area contributed by atoms with Gasteiger partial charge in [-0.05, 0) is 35.4 Å². The summed E-state index contributed by atoms with van der Waals surface area (Å²) < 4.78 is 1.05. The van der Waals surface area contributed by atoms with Crippen LogP contribution in [0, 0.1) is 0 Å². The molecule has 13 heavy (non-hydrogen) atoms. The minimum Gasteiger partial charge on any atom is -0.388 e. The monoisotopic (exact) mass is 258 g/mol. The van der Waals surface area contributed by atoms with Crippen molar-refractivity contribution in [2.24, 2.45) is 0 Å². The topological polar surface area (TPSA) is 20.2 Å². The third-order valence-corrected chi connectivity index (χ3v) is 3.79. The van der Waals surface area contributed by atoms with E-state index < -0.39 is 0 Å². The van der Waals surface area contributed by atoms with Crippen molar-refractivity contribution in [2.75, 3.05) is 5.75 Å². The van der Waals surface area contributed by atoms with Gasteiger partial charge in [0.2, 0.25) is 0 Å². The van der Waals surface area contributed by atoms with Gasteiger partial charge in [0.05, 0.1) is 6.10 Å². The molecule has 0 bridgehead atoms. The summed E-state index contributed by atoms with van der Waals surface area (Å²) in [6, 6.07) is 6.17. The molecule has 1 nitrogen and oxygen atoms in total. The zero-order valence-electron chi connectivity index (χ0n) is 7.16. The first-order valence-corrected chi connectivity index (χ1v) is 6.26. The Balaban J connectivity index is 2.43. The van der Waals surface area contributed by atoms with E-state index in [4.69, 9.17) is 0 Å². The van der Waals surface area contributed by atoms with E-state index >= 15 is 0 Å². The molecule has 3 heteroatoms. The predicted molar refractivity (Wildman–Crippen MR) is 59.9 cm³/mol. The highest BCUT2D eigenvalue weighted by atomic mass is 79.9. The average Bonchev–Trinajstić information content (AvgIpc) is 2.29. The minimum absolute atomic E-state index is 0.275. The largest absolute Gasteiger partial charge is 0.388 e. The van der Waals surface area contributed by atoms with Crippen molar-refractivity contribution in [3.05, 3.63) is 33.8 Å². The Morgan fingerprint density at radius 2 is 2.31 bits per heavy atom. The van der Waals surface area contributed by atoms with E-state index in [-0.39, 0.29) is 6.10 Å². The lowest BCUT2D eigenvalue weighted by Crippen LogP contribution is -1.99. The number of hydrogen-bond donors (Lipinski definition) is 1. The molecule has 0 saturated carbocycles. The Kier molecular flexibility index (Phi) is 2.96. The smallest absolute Gasteiger partial charge is 0.0801 e. The lowest BCUT2D eigenvalue weighted by Gasteiger charge is -2.10. The van der Waals surface area contributed by atoms with Gasteiger partial charge in [-0.3, -0.25) is 0 Å². The van der Waals surface area contributed by atoms with E-state index in [2.05, 4.69) is 22.0 Å². The summed E-state index contributed by atoms with van der Waals surface area (Å²) >= 11 is 5.32. The molecule has 1 heterocycles. The highest BCUT2D eigenvalue weighted by Crippen LogP contribution is 2.32. The Labute approximate surface area is 90.7 Å². The zero-order chi connectivity index (χ0) is 9.26. The number of thioether (sulfide) groups is 1. The highest BCUT2D eigenvalue weighted by molar-refractivity contribution is 9.10. The summed E-state index contributed by atoms with van der Waals surface area (Å²) in [6.07, 6.45) is 0.594. The number of benzene rings is 1. The lowest BCUT2D eigenvalue weighted by molar-refractivity contribution is 0.175. The van der Waals surface area contributed by atoms with E-state index in [1.807, 2.05) is 23.9 Å². The van der Waals surface area contributed by atoms with Crippen LogP contribution in [-0.2, 0) is 5.75 Å². The summed E-state index contributed by atoms with van der Waals surface area (Å²) in [4.78, 5) is 0. The van der Waals surface area contributed by atoms with Gasteiger partial charge in [0.1, 0.15) is 0 Å². The lowest BCUT2D eigenvalue weighted by atomic mass is 10.0. The summed E-state index contributed by atoms with van der Waals surface area (Å²) in [6.45, 7) is 0. The summed E-state index contributed by atoms with van der Waals surface area (Å²) in [7, 11) is 0. The van der Waals surface area contributed by atoms with E-state index in [0.29, 0.717) is 0 Å². The van der Waals surface area contributed by atoms with Crippen molar-refractivity contribution in [1.82, 2.24) is 0 Å². The van der Waals surface area contributed by atoms with Crippen LogP contribution in [0.15, 0.2) is 22.7 Å². The summed E-state index contributed by atoms with van der Waals surface area (Å²) in [5.74, 6) is 2.08. The molecule has 70 valence electrons.